The number of ether oxygens (including phenoxy) is 3. The van der Waals surface area contributed by atoms with E-state index in [0.29, 0.717) is 50.7 Å². The normalized spacial score (nSPS) is 18.5. The summed E-state index contributed by atoms with van der Waals surface area (Å²) in [5, 5.41) is 3.10. The van der Waals surface area contributed by atoms with Crippen molar-refractivity contribution >= 4 is 17.5 Å². The fraction of sp³-hybridized carbons (Fsp3) is 0.421. The number of benzene rings is 1. The minimum atomic E-state index is -0.488. The van der Waals surface area contributed by atoms with Crippen LogP contribution in [0.4, 0.5) is 11.6 Å². The third kappa shape index (κ3) is 3.86. The fourth-order valence-electron chi connectivity index (χ4n) is 3.35. The molecule has 1 amide bonds. The molecule has 1 aromatic carbocycles. The van der Waals surface area contributed by atoms with E-state index < -0.39 is 5.79 Å². The summed E-state index contributed by atoms with van der Waals surface area (Å²) < 4.78 is 16.6. The highest BCUT2D eigenvalue weighted by Gasteiger charge is 2.40. The zero-order valence-electron chi connectivity index (χ0n) is 15.2. The first-order valence-corrected chi connectivity index (χ1v) is 8.98. The van der Waals surface area contributed by atoms with Gasteiger partial charge in [0.05, 0.1) is 25.9 Å². The van der Waals surface area contributed by atoms with E-state index in [0.717, 1.165) is 11.4 Å². The van der Waals surface area contributed by atoms with Crippen molar-refractivity contribution in [1.29, 1.82) is 0 Å². The van der Waals surface area contributed by atoms with Gasteiger partial charge in [-0.25, -0.2) is 9.97 Å². The summed E-state index contributed by atoms with van der Waals surface area (Å²) in [6.07, 6.45) is 4.47. The molecule has 1 aromatic heterocycles. The van der Waals surface area contributed by atoms with Gasteiger partial charge in [-0.2, -0.15) is 0 Å². The number of carbonyl (C=O) groups is 1. The maximum Gasteiger partial charge on any atom is 0.256 e. The van der Waals surface area contributed by atoms with Gasteiger partial charge in [-0.15, -0.1) is 0 Å². The first-order chi connectivity index (χ1) is 13.2. The van der Waals surface area contributed by atoms with Crippen molar-refractivity contribution in [3.05, 3.63) is 42.2 Å². The molecule has 3 heterocycles. The van der Waals surface area contributed by atoms with Gasteiger partial charge in [-0.05, 0) is 12.1 Å². The van der Waals surface area contributed by atoms with Crippen molar-refractivity contribution in [2.45, 2.75) is 18.6 Å². The monoisotopic (exact) mass is 370 g/mol. The lowest BCUT2D eigenvalue weighted by molar-refractivity contribution is -0.181. The summed E-state index contributed by atoms with van der Waals surface area (Å²) >= 11 is 0. The molecule has 1 N–H and O–H groups in total. The Kier molecular flexibility index (Phi) is 4.91. The first-order valence-electron chi connectivity index (χ1n) is 8.98. The molecule has 2 aromatic rings. The largest absolute Gasteiger partial charge is 0.497 e. The maximum atomic E-state index is 12.7. The van der Waals surface area contributed by atoms with Crippen LogP contribution in [-0.4, -0.2) is 60.0 Å². The summed E-state index contributed by atoms with van der Waals surface area (Å²) in [6, 6.07) is 7.47. The molecule has 142 valence electrons. The second-order valence-corrected chi connectivity index (χ2v) is 6.55. The lowest BCUT2D eigenvalue weighted by Crippen LogP contribution is -2.47. The number of anilines is 2. The predicted octanol–water partition coefficient (Wildman–Crippen LogP) is 2.21. The fourth-order valence-corrected chi connectivity index (χ4v) is 3.35. The Morgan fingerprint density at radius 2 is 1.89 bits per heavy atom. The van der Waals surface area contributed by atoms with E-state index in [1.165, 1.54) is 0 Å². The molecule has 2 aliphatic rings. The third-order valence-electron chi connectivity index (χ3n) is 4.85. The number of piperidine rings is 1. The number of hydrogen-bond donors (Lipinski definition) is 1. The maximum absolute atomic E-state index is 12.7. The molecule has 8 heteroatoms. The Hall–Kier alpha value is -2.71. The molecule has 0 aliphatic carbocycles. The quantitative estimate of drug-likeness (QED) is 0.883. The zero-order valence-corrected chi connectivity index (χ0v) is 15.2. The van der Waals surface area contributed by atoms with E-state index in [2.05, 4.69) is 15.3 Å². The van der Waals surface area contributed by atoms with Crippen LogP contribution in [0, 0.1) is 0 Å². The van der Waals surface area contributed by atoms with Crippen LogP contribution in [0.2, 0.25) is 0 Å². The van der Waals surface area contributed by atoms with Crippen LogP contribution in [-0.2, 0) is 9.47 Å². The molecule has 2 saturated heterocycles. The molecule has 2 aliphatic heterocycles. The molecule has 27 heavy (non-hydrogen) atoms. The van der Waals surface area contributed by atoms with Gasteiger partial charge in [-0.3, -0.25) is 4.79 Å². The van der Waals surface area contributed by atoms with Crippen LogP contribution in [0.25, 0.3) is 0 Å². The standard InChI is InChI=1S/C19H22N4O4/c1-25-16-4-2-3-15(11-16)22-18-20-12-14(13-21-18)17(24)23-7-5-19(6-8-23)26-9-10-27-19/h2-4,11-13H,5-10H2,1H3,(H,20,21,22). The number of amides is 1. The van der Waals surface area contributed by atoms with E-state index in [1.807, 2.05) is 24.3 Å². The Bertz CT molecular complexity index is 796. The van der Waals surface area contributed by atoms with E-state index in [1.54, 1.807) is 24.4 Å². The van der Waals surface area contributed by atoms with Gasteiger partial charge in [0.15, 0.2) is 5.79 Å². The first kappa shape index (κ1) is 17.7. The minimum Gasteiger partial charge on any atom is -0.497 e. The van der Waals surface area contributed by atoms with Crippen molar-refractivity contribution in [2.24, 2.45) is 0 Å². The summed E-state index contributed by atoms with van der Waals surface area (Å²) in [6.45, 7) is 2.46. The molecule has 4 rings (SSSR count). The lowest BCUT2D eigenvalue weighted by atomic mass is 10.0. The third-order valence-corrected chi connectivity index (χ3v) is 4.85. The van der Waals surface area contributed by atoms with Gasteiger partial charge in [0.25, 0.3) is 5.91 Å². The molecular formula is C19H22N4O4. The Balaban J connectivity index is 1.37. The number of likely N-dealkylation sites (tertiary alicyclic amines) is 1. The van der Waals surface area contributed by atoms with Crippen molar-refractivity contribution in [1.82, 2.24) is 14.9 Å². The highest BCUT2D eigenvalue weighted by molar-refractivity contribution is 5.93. The van der Waals surface area contributed by atoms with Gasteiger partial charge in [0.2, 0.25) is 5.95 Å². The van der Waals surface area contributed by atoms with Gasteiger partial charge < -0.3 is 24.4 Å². The van der Waals surface area contributed by atoms with Gasteiger partial charge in [0, 0.05) is 50.1 Å². The van der Waals surface area contributed by atoms with Crippen LogP contribution in [0.3, 0.4) is 0 Å². The van der Waals surface area contributed by atoms with Gasteiger partial charge in [-0.1, -0.05) is 6.07 Å². The molecule has 0 unspecified atom stereocenters. The van der Waals surface area contributed by atoms with Crippen molar-refractivity contribution in [3.63, 3.8) is 0 Å². The Morgan fingerprint density at radius 3 is 2.56 bits per heavy atom. The average molecular weight is 370 g/mol. The average Bonchev–Trinajstić information content (AvgIpc) is 3.17. The number of nitrogens with zero attached hydrogens (tertiary/aromatic N) is 3. The van der Waals surface area contributed by atoms with Crippen LogP contribution in [0.15, 0.2) is 36.7 Å². The molecule has 0 saturated carbocycles. The number of hydrogen-bond acceptors (Lipinski definition) is 7. The molecule has 2 fully saturated rings. The van der Waals surface area contributed by atoms with Gasteiger partial charge >= 0.3 is 0 Å². The van der Waals surface area contributed by atoms with Crippen molar-refractivity contribution < 1.29 is 19.0 Å². The number of nitrogens with one attached hydrogen (secondary N) is 1. The number of rotatable bonds is 4. The highest BCUT2D eigenvalue weighted by atomic mass is 16.7. The van der Waals surface area contributed by atoms with E-state index in [9.17, 15) is 4.79 Å². The molecule has 1 spiro atoms. The summed E-state index contributed by atoms with van der Waals surface area (Å²) in [4.78, 5) is 23.0. The Morgan fingerprint density at radius 1 is 1.19 bits per heavy atom. The molecule has 0 atom stereocenters. The molecule has 8 nitrogen and oxygen atoms in total. The van der Waals surface area contributed by atoms with Gasteiger partial charge in [0.1, 0.15) is 5.75 Å². The second-order valence-electron chi connectivity index (χ2n) is 6.55. The molecule has 0 bridgehead atoms. The van der Waals surface area contributed by atoms with Crippen LogP contribution < -0.4 is 10.1 Å². The smallest absolute Gasteiger partial charge is 0.256 e. The highest BCUT2D eigenvalue weighted by Crippen LogP contribution is 2.31. The summed E-state index contributed by atoms with van der Waals surface area (Å²) in [7, 11) is 1.61. The second kappa shape index (κ2) is 7.50. The molecule has 0 radical (unpaired) electrons. The van der Waals surface area contributed by atoms with E-state index in [-0.39, 0.29) is 5.91 Å². The topological polar surface area (TPSA) is 85.8 Å². The minimum absolute atomic E-state index is 0.0734. The SMILES string of the molecule is COc1cccc(Nc2ncc(C(=O)N3CCC4(CC3)OCCO4)cn2)c1. The van der Waals surface area contributed by atoms with E-state index in [4.69, 9.17) is 14.2 Å². The number of aromatic nitrogens is 2. The predicted molar refractivity (Wildman–Crippen MR) is 98.1 cm³/mol. The zero-order chi connectivity index (χ0) is 18.7. The number of methoxy groups -OCH3 is 1. The lowest BCUT2D eigenvalue weighted by Gasteiger charge is -2.37. The van der Waals surface area contributed by atoms with Crippen LogP contribution in [0.5, 0.6) is 5.75 Å². The summed E-state index contributed by atoms with van der Waals surface area (Å²) in [5.41, 5.74) is 1.28. The van der Waals surface area contributed by atoms with Crippen molar-refractivity contribution in [3.8, 4) is 5.75 Å². The van der Waals surface area contributed by atoms with Crippen LogP contribution >= 0.6 is 0 Å². The molecular weight excluding hydrogens is 348 g/mol. The van der Waals surface area contributed by atoms with Crippen molar-refractivity contribution in [2.75, 3.05) is 38.7 Å². The summed E-state index contributed by atoms with van der Waals surface area (Å²) in [5.74, 6) is 0.600. The van der Waals surface area contributed by atoms with Crippen LogP contribution in [0.1, 0.15) is 23.2 Å². The Labute approximate surface area is 157 Å². The number of carbonyl (C=O) groups excluding carboxylic acids is 1. The van der Waals surface area contributed by atoms with E-state index >= 15 is 0 Å².